The third-order valence-electron chi connectivity index (χ3n) is 5.36. The van der Waals surface area contributed by atoms with Crippen LogP contribution in [0.1, 0.15) is 12.1 Å². The molecule has 5 rings (SSSR count). The SMILES string of the molecule is OCCC1COC(Nc2ccc3ncnc(Nc4ccc(OCc5ccccn5)c(Cl)c4)c3c2)=N1. The summed E-state index contributed by atoms with van der Waals surface area (Å²) in [6.45, 7) is 0.860. The number of benzene rings is 2. The summed E-state index contributed by atoms with van der Waals surface area (Å²) >= 11 is 6.46. The largest absolute Gasteiger partial charge is 0.486 e. The normalized spacial score (nSPS) is 14.9. The van der Waals surface area contributed by atoms with Crippen LogP contribution in [0.5, 0.6) is 5.75 Å². The molecule has 0 fully saturated rings. The number of amidine groups is 1. The third-order valence-corrected chi connectivity index (χ3v) is 5.65. The molecule has 3 N–H and O–H groups in total. The third kappa shape index (κ3) is 5.59. The van der Waals surface area contributed by atoms with Crippen LogP contribution in [0.3, 0.4) is 0 Å². The molecular weight excluding hydrogens is 468 g/mol. The second kappa shape index (κ2) is 10.5. The number of nitrogens with zero attached hydrogens (tertiary/aromatic N) is 4. The van der Waals surface area contributed by atoms with E-state index in [4.69, 9.17) is 26.2 Å². The zero-order valence-electron chi connectivity index (χ0n) is 18.7. The van der Waals surface area contributed by atoms with Gasteiger partial charge in [0.1, 0.15) is 31.1 Å². The van der Waals surface area contributed by atoms with Gasteiger partial charge >= 0.3 is 0 Å². The maximum atomic E-state index is 9.10. The van der Waals surface area contributed by atoms with Crippen molar-refractivity contribution in [3.63, 3.8) is 0 Å². The Balaban J connectivity index is 1.32. The van der Waals surface area contributed by atoms with Crippen LogP contribution >= 0.6 is 11.6 Å². The van der Waals surface area contributed by atoms with Gasteiger partial charge < -0.3 is 25.2 Å². The predicted octanol–water partition coefficient (Wildman–Crippen LogP) is 4.55. The second-order valence-electron chi connectivity index (χ2n) is 7.87. The van der Waals surface area contributed by atoms with E-state index in [2.05, 4.69) is 30.6 Å². The van der Waals surface area contributed by atoms with Crippen LogP contribution in [-0.4, -0.2) is 45.3 Å². The van der Waals surface area contributed by atoms with E-state index in [0.717, 1.165) is 28.0 Å². The number of anilines is 3. The van der Waals surface area contributed by atoms with Crippen molar-refractivity contribution in [2.75, 3.05) is 23.8 Å². The number of hydrogen-bond acceptors (Lipinski definition) is 9. The summed E-state index contributed by atoms with van der Waals surface area (Å²) in [6.07, 6.45) is 3.80. The Hall–Kier alpha value is -3.95. The number of halogens is 1. The van der Waals surface area contributed by atoms with E-state index in [-0.39, 0.29) is 12.6 Å². The lowest BCUT2D eigenvalue weighted by atomic mass is 10.2. The van der Waals surface area contributed by atoms with Gasteiger partial charge in [0.15, 0.2) is 0 Å². The topological polar surface area (TPSA) is 114 Å². The van der Waals surface area contributed by atoms with Gasteiger partial charge in [-0.05, 0) is 55.0 Å². The van der Waals surface area contributed by atoms with Crippen LogP contribution in [0.25, 0.3) is 10.9 Å². The molecule has 0 radical (unpaired) electrons. The van der Waals surface area contributed by atoms with Crippen molar-refractivity contribution in [2.24, 2.45) is 4.99 Å². The molecule has 0 aliphatic carbocycles. The van der Waals surface area contributed by atoms with Gasteiger partial charge in [0.25, 0.3) is 6.02 Å². The zero-order chi connectivity index (χ0) is 24.0. The molecule has 35 heavy (non-hydrogen) atoms. The highest BCUT2D eigenvalue weighted by Crippen LogP contribution is 2.31. The average Bonchev–Trinajstić information content (AvgIpc) is 3.31. The maximum Gasteiger partial charge on any atom is 0.289 e. The van der Waals surface area contributed by atoms with Crippen LogP contribution in [0.2, 0.25) is 5.02 Å². The fourth-order valence-corrected chi connectivity index (χ4v) is 3.84. The Morgan fingerprint density at radius 1 is 1.03 bits per heavy atom. The van der Waals surface area contributed by atoms with E-state index >= 15 is 0 Å². The Bertz CT molecular complexity index is 1350. The monoisotopic (exact) mass is 490 g/mol. The summed E-state index contributed by atoms with van der Waals surface area (Å²) in [5.74, 6) is 1.20. The van der Waals surface area contributed by atoms with Crippen LogP contribution < -0.4 is 15.4 Å². The molecule has 1 aliphatic rings. The molecule has 0 saturated heterocycles. The quantitative estimate of drug-likeness (QED) is 0.329. The highest BCUT2D eigenvalue weighted by atomic mass is 35.5. The zero-order valence-corrected chi connectivity index (χ0v) is 19.4. The van der Waals surface area contributed by atoms with E-state index in [1.807, 2.05) is 48.5 Å². The highest BCUT2D eigenvalue weighted by Gasteiger charge is 2.18. The minimum atomic E-state index is -0.0378. The minimum Gasteiger partial charge on any atom is -0.486 e. The number of hydrogen-bond donors (Lipinski definition) is 3. The first kappa shape index (κ1) is 22.8. The Morgan fingerprint density at radius 3 is 2.74 bits per heavy atom. The molecule has 0 bridgehead atoms. The molecule has 9 nitrogen and oxygen atoms in total. The molecule has 0 amide bonds. The summed E-state index contributed by atoms with van der Waals surface area (Å²) < 4.78 is 11.4. The fraction of sp³-hybridized carbons (Fsp3) is 0.200. The van der Waals surface area contributed by atoms with Gasteiger partial charge in [-0.25, -0.2) is 15.0 Å². The van der Waals surface area contributed by atoms with E-state index in [1.165, 1.54) is 6.33 Å². The van der Waals surface area contributed by atoms with E-state index < -0.39 is 0 Å². The number of aromatic nitrogens is 3. The molecule has 10 heteroatoms. The maximum absolute atomic E-state index is 9.10. The summed E-state index contributed by atoms with van der Waals surface area (Å²) in [5, 5.41) is 16.9. The van der Waals surface area contributed by atoms with Crippen molar-refractivity contribution < 1.29 is 14.6 Å². The molecule has 178 valence electrons. The molecule has 2 aromatic heterocycles. The van der Waals surface area contributed by atoms with Crippen molar-refractivity contribution in [1.82, 2.24) is 15.0 Å². The number of ether oxygens (including phenoxy) is 2. The predicted molar refractivity (Wildman–Crippen MR) is 135 cm³/mol. The van der Waals surface area contributed by atoms with Gasteiger partial charge in [-0.3, -0.25) is 4.98 Å². The van der Waals surface area contributed by atoms with Crippen LogP contribution in [-0.2, 0) is 11.3 Å². The summed E-state index contributed by atoms with van der Waals surface area (Å²) in [5.41, 5.74) is 3.14. The molecule has 1 aliphatic heterocycles. The summed E-state index contributed by atoms with van der Waals surface area (Å²) in [6, 6.07) is 17.2. The number of pyridine rings is 1. The molecule has 0 saturated carbocycles. The van der Waals surface area contributed by atoms with Crippen molar-refractivity contribution in [3.05, 3.63) is 77.8 Å². The van der Waals surface area contributed by atoms with Gasteiger partial charge in [-0.15, -0.1) is 0 Å². The standard InChI is InChI=1S/C25H23ClN6O3/c26-21-12-17(5-7-23(21)34-13-18-3-1-2-9-27-18)30-24-20-11-16(4-6-22(20)28-15-29-24)31-25-32-19(8-10-33)14-35-25/h1-7,9,11-12,15,19,33H,8,10,13-14H2,(H,31,32)(H,28,29,30). The molecule has 1 atom stereocenters. The lowest BCUT2D eigenvalue weighted by molar-refractivity contribution is 0.250. The highest BCUT2D eigenvalue weighted by molar-refractivity contribution is 6.32. The minimum absolute atomic E-state index is 0.0378. The first-order chi connectivity index (χ1) is 17.2. The van der Waals surface area contributed by atoms with E-state index in [0.29, 0.717) is 42.2 Å². The molecule has 2 aromatic carbocycles. The Morgan fingerprint density at radius 2 is 1.91 bits per heavy atom. The smallest absolute Gasteiger partial charge is 0.289 e. The van der Waals surface area contributed by atoms with Crippen molar-refractivity contribution >= 4 is 45.7 Å². The Labute approximate surface area is 206 Å². The van der Waals surface area contributed by atoms with Gasteiger partial charge in [-0.2, -0.15) is 0 Å². The summed E-state index contributed by atoms with van der Waals surface area (Å²) in [7, 11) is 0. The van der Waals surface area contributed by atoms with Gasteiger partial charge in [0.05, 0.1) is 22.3 Å². The average molecular weight is 491 g/mol. The number of fused-ring (bicyclic) bond motifs is 1. The van der Waals surface area contributed by atoms with Crippen LogP contribution in [0, 0.1) is 0 Å². The van der Waals surface area contributed by atoms with Gasteiger partial charge in [-0.1, -0.05) is 17.7 Å². The first-order valence-corrected chi connectivity index (χ1v) is 11.5. The van der Waals surface area contributed by atoms with Gasteiger partial charge in [0.2, 0.25) is 0 Å². The van der Waals surface area contributed by atoms with Crippen molar-refractivity contribution in [3.8, 4) is 5.75 Å². The van der Waals surface area contributed by atoms with E-state index in [9.17, 15) is 0 Å². The molecule has 4 aromatic rings. The lowest BCUT2D eigenvalue weighted by Gasteiger charge is -2.12. The first-order valence-electron chi connectivity index (χ1n) is 11.1. The number of aliphatic hydroxyl groups is 1. The molecule has 1 unspecified atom stereocenters. The lowest BCUT2D eigenvalue weighted by Crippen LogP contribution is -2.12. The number of nitrogens with one attached hydrogen (secondary N) is 2. The summed E-state index contributed by atoms with van der Waals surface area (Å²) in [4.78, 5) is 17.5. The Kier molecular flexibility index (Phi) is 6.87. The fourth-order valence-electron chi connectivity index (χ4n) is 3.61. The molecule has 3 heterocycles. The number of rotatable bonds is 8. The van der Waals surface area contributed by atoms with Crippen molar-refractivity contribution in [2.45, 2.75) is 19.1 Å². The van der Waals surface area contributed by atoms with Crippen LogP contribution in [0.15, 0.2) is 72.1 Å². The molecular formula is C25H23ClN6O3. The van der Waals surface area contributed by atoms with Crippen LogP contribution in [0.4, 0.5) is 17.2 Å². The molecule has 0 spiro atoms. The second-order valence-corrected chi connectivity index (χ2v) is 8.28. The van der Waals surface area contributed by atoms with E-state index in [1.54, 1.807) is 12.3 Å². The van der Waals surface area contributed by atoms with Gasteiger partial charge in [0, 0.05) is 29.6 Å². The number of aliphatic imine (C=N–C) groups is 1. The van der Waals surface area contributed by atoms with Crippen molar-refractivity contribution in [1.29, 1.82) is 0 Å². The number of aliphatic hydroxyl groups excluding tert-OH is 1.